The van der Waals surface area contributed by atoms with E-state index in [9.17, 15) is 4.79 Å². The van der Waals surface area contributed by atoms with Crippen molar-refractivity contribution in [2.45, 2.75) is 83.6 Å². The maximum atomic E-state index is 12.0. The molecule has 0 fully saturated rings. The Morgan fingerprint density at radius 1 is 0.963 bits per heavy atom. The number of unbranched alkanes of at least 4 members (excludes halogenated alkanes) is 9. The Morgan fingerprint density at radius 3 is 2.15 bits per heavy atom. The minimum atomic E-state index is -0.607. The van der Waals surface area contributed by atoms with Crippen molar-refractivity contribution in [3.63, 3.8) is 0 Å². The fourth-order valence-electron chi connectivity index (χ4n) is 3.41. The second-order valence-corrected chi connectivity index (χ2v) is 7.19. The molecule has 2 N–H and O–H groups in total. The fourth-order valence-corrected chi connectivity index (χ4v) is 3.41. The Kier molecular flexibility index (Phi) is 9.52. The summed E-state index contributed by atoms with van der Waals surface area (Å²) in [4.78, 5) is 12.0. The van der Waals surface area contributed by atoms with Crippen molar-refractivity contribution in [1.29, 1.82) is 0 Å². The normalized spacial score (nSPS) is 12.2. The summed E-state index contributed by atoms with van der Waals surface area (Å²) < 4.78 is 1.73. The maximum absolute atomic E-state index is 12.0. The van der Waals surface area contributed by atoms with Crippen LogP contribution in [0.3, 0.4) is 0 Å². The lowest BCUT2D eigenvalue weighted by atomic mass is 9.97. The van der Waals surface area contributed by atoms with Crippen molar-refractivity contribution in [3.05, 3.63) is 41.7 Å². The predicted molar refractivity (Wildman–Crippen MR) is 107 cm³/mol. The Morgan fingerprint density at radius 2 is 1.56 bits per heavy atom. The SMILES string of the molecule is CCCCCCCCCCCCn1nnnc1C(C(N)=O)c1ccccc1. The van der Waals surface area contributed by atoms with Gasteiger partial charge in [-0.15, -0.1) is 5.10 Å². The molecule has 1 aromatic carbocycles. The predicted octanol–water partition coefficient (Wildman–Crippen LogP) is 4.21. The van der Waals surface area contributed by atoms with Crippen LogP contribution in [-0.4, -0.2) is 26.1 Å². The lowest BCUT2D eigenvalue weighted by molar-refractivity contribution is -0.118. The fraction of sp³-hybridized carbons (Fsp3) is 0.619. The van der Waals surface area contributed by atoms with E-state index in [1.54, 1.807) is 4.68 Å². The molecule has 1 aromatic heterocycles. The third-order valence-corrected chi connectivity index (χ3v) is 4.96. The second kappa shape index (κ2) is 12.2. The van der Waals surface area contributed by atoms with Gasteiger partial charge in [0.2, 0.25) is 5.91 Å². The first-order chi connectivity index (χ1) is 13.2. The highest BCUT2D eigenvalue weighted by Crippen LogP contribution is 2.22. The van der Waals surface area contributed by atoms with Crippen LogP contribution in [0.4, 0.5) is 0 Å². The lowest BCUT2D eigenvalue weighted by Crippen LogP contribution is -2.26. The van der Waals surface area contributed by atoms with E-state index in [-0.39, 0.29) is 0 Å². The highest BCUT2D eigenvalue weighted by molar-refractivity contribution is 5.84. The summed E-state index contributed by atoms with van der Waals surface area (Å²) in [6.07, 6.45) is 12.8. The molecular weight excluding hydrogens is 338 g/mol. The minimum absolute atomic E-state index is 0.430. The lowest BCUT2D eigenvalue weighted by Gasteiger charge is -2.13. The average Bonchev–Trinajstić information content (AvgIpc) is 3.12. The topological polar surface area (TPSA) is 86.7 Å². The van der Waals surface area contributed by atoms with E-state index in [4.69, 9.17) is 5.73 Å². The van der Waals surface area contributed by atoms with Gasteiger partial charge in [-0.25, -0.2) is 4.68 Å². The molecule has 1 heterocycles. The molecule has 1 unspecified atom stereocenters. The number of aryl methyl sites for hydroxylation is 1. The molecule has 6 nitrogen and oxygen atoms in total. The number of nitrogens with zero attached hydrogens (tertiary/aromatic N) is 4. The third-order valence-electron chi connectivity index (χ3n) is 4.96. The summed E-state index contributed by atoms with van der Waals surface area (Å²) in [5.74, 6) is -0.505. The van der Waals surface area contributed by atoms with Crippen molar-refractivity contribution < 1.29 is 4.79 Å². The van der Waals surface area contributed by atoms with E-state index in [1.165, 1.54) is 51.4 Å². The van der Waals surface area contributed by atoms with E-state index < -0.39 is 11.8 Å². The number of aromatic nitrogens is 4. The Labute approximate surface area is 162 Å². The first-order valence-corrected chi connectivity index (χ1v) is 10.3. The molecule has 0 saturated carbocycles. The van der Waals surface area contributed by atoms with Crippen molar-refractivity contribution in [3.8, 4) is 0 Å². The van der Waals surface area contributed by atoms with Gasteiger partial charge in [-0.05, 0) is 22.4 Å². The van der Waals surface area contributed by atoms with Crippen LogP contribution in [0.25, 0.3) is 0 Å². The zero-order chi connectivity index (χ0) is 19.3. The molecule has 0 aliphatic rings. The number of carbonyl (C=O) groups is 1. The number of nitrogens with two attached hydrogens (primary N) is 1. The molecule has 2 rings (SSSR count). The summed E-state index contributed by atoms with van der Waals surface area (Å²) in [6.45, 7) is 2.97. The van der Waals surface area contributed by atoms with Gasteiger partial charge in [0.15, 0.2) is 5.82 Å². The van der Waals surface area contributed by atoms with Gasteiger partial charge >= 0.3 is 0 Å². The van der Waals surface area contributed by atoms with Gasteiger partial charge in [0.25, 0.3) is 0 Å². The number of hydrogen-bond acceptors (Lipinski definition) is 4. The minimum Gasteiger partial charge on any atom is -0.369 e. The largest absolute Gasteiger partial charge is 0.369 e. The van der Waals surface area contributed by atoms with Gasteiger partial charge in [0.1, 0.15) is 5.92 Å². The molecular formula is C21H33N5O. The van der Waals surface area contributed by atoms with E-state index in [0.717, 1.165) is 24.9 Å². The number of primary amides is 1. The molecule has 6 heteroatoms. The van der Waals surface area contributed by atoms with Crippen LogP contribution in [0.1, 0.15) is 88.4 Å². The summed E-state index contributed by atoms with van der Waals surface area (Å²) >= 11 is 0. The van der Waals surface area contributed by atoms with E-state index in [1.807, 2.05) is 30.3 Å². The summed E-state index contributed by atoms with van der Waals surface area (Å²) in [5, 5.41) is 11.9. The molecule has 0 radical (unpaired) electrons. The van der Waals surface area contributed by atoms with Crippen LogP contribution in [-0.2, 0) is 11.3 Å². The van der Waals surface area contributed by atoms with Gasteiger partial charge in [-0.2, -0.15) is 0 Å². The van der Waals surface area contributed by atoms with Gasteiger partial charge in [0.05, 0.1) is 0 Å². The molecule has 0 spiro atoms. The highest BCUT2D eigenvalue weighted by Gasteiger charge is 2.26. The molecule has 0 saturated heterocycles. The highest BCUT2D eigenvalue weighted by atomic mass is 16.1. The van der Waals surface area contributed by atoms with Crippen molar-refractivity contribution in [2.24, 2.45) is 5.73 Å². The number of hydrogen-bond donors (Lipinski definition) is 1. The zero-order valence-corrected chi connectivity index (χ0v) is 16.5. The quantitative estimate of drug-likeness (QED) is 0.504. The molecule has 1 amide bonds. The number of benzene rings is 1. The van der Waals surface area contributed by atoms with Crippen molar-refractivity contribution in [1.82, 2.24) is 20.2 Å². The number of carbonyl (C=O) groups excluding carboxylic acids is 1. The Hall–Kier alpha value is -2.24. The maximum Gasteiger partial charge on any atom is 0.232 e. The molecule has 2 aromatic rings. The molecule has 0 aliphatic heterocycles. The molecule has 148 valence electrons. The molecule has 0 aliphatic carbocycles. The Bertz CT molecular complexity index is 656. The molecule has 27 heavy (non-hydrogen) atoms. The van der Waals surface area contributed by atoms with Crippen LogP contribution in [0.15, 0.2) is 30.3 Å². The van der Waals surface area contributed by atoms with Crippen LogP contribution in [0.2, 0.25) is 0 Å². The molecule has 0 bridgehead atoms. The smallest absolute Gasteiger partial charge is 0.232 e. The number of tetrazole rings is 1. The van der Waals surface area contributed by atoms with Crippen LogP contribution in [0.5, 0.6) is 0 Å². The summed E-state index contributed by atoms with van der Waals surface area (Å²) in [5.41, 5.74) is 6.46. The zero-order valence-electron chi connectivity index (χ0n) is 16.5. The van der Waals surface area contributed by atoms with Gasteiger partial charge in [-0.1, -0.05) is 95.0 Å². The van der Waals surface area contributed by atoms with Crippen LogP contribution in [0, 0.1) is 0 Å². The standard InChI is InChI=1S/C21H33N5O/c1-2-3-4-5-6-7-8-9-10-14-17-26-21(23-24-25-26)19(20(22)27)18-15-12-11-13-16-18/h11-13,15-16,19H,2-10,14,17H2,1H3,(H2,22,27). The third kappa shape index (κ3) is 7.12. The second-order valence-electron chi connectivity index (χ2n) is 7.19. The van der Waals surface area contributed by atoms with Gasteiger partial charge < -0.3 is 5.73 Å². The van der Waals surface area contributed by atoms with Crippen LogP contribution >= 0.6 is 0 Å². The number of rotatable bonds is 14. The average molecular weight is 372 g/mol. The number of amides is 1. The summed E-state index contributed by atoms with van der Waals surface area (Å²) in [7, 11) is 0. The van der Waals surface area contributed by atoms with Crippen molar-refractivity contribution >= 4 is 5.91 Å². The summed E-state index contributed by atoms with van der Waals surface area (Å²) in [6, 6.07) is 9.46. The van der Waals surface area contributed by atoms with Crippen molar-refractivity contribution in [2.75, 3.05) is 0 Å². The van der Waals surface area contributed by atoms with Crippen LogP contribution < -0.4 is 5.73 Å². The van der Waals surface area contributed by atoms with E-state index in [2.05, 4.69) is 22.4 Å². The monoisotopic (exact) mass is 371 g/mol. The first-order valence-electron chi connectivity index (χ1n) is 10.3. The van der Waals surface area contributed by atoms with E-state index >= 15 is 0 Å². The van der Waals surface area contributed by atoms with Gasteiger partial charge in [0, 0.05) is 6.54 Å². The van der Waals surface area contributed by atoms with E-state index in [0.29, 0.717) is 5.82 Å². The first kappa shape index (κ1) is 21.1. The molecule has 1 atom stereocenters. The van der Waals surface area contributed by atoms with Gasteiger partial charge in [-0.3, -0.25) is 4.79 Å². The Balaban J connectivity index is 1.75.